The molecule has 0 aliphatic heterocycles. The van der Waals surface area contributed by atoms with Crippen LogP contribution in [0.15, 0.2) is 0 Å². The number of hydrogen-bond donors (Lipinski definition) is 0. The van der Waals surface area contributed by atoms with Gasteiger partial charge in [-0.3, -0.25) is 0 Å². The summed E-state index contributed by atoms with van der Waals surface area (Å²) in [7, 11) is 30.3. The van der Waals surface area contributed by atoms with Gasteiger partial charge in [-0.1, -0.05) is 0 Å². The average molecular weight is 428 g/mol. The van der Waals surface area contributed by atoms with Crippen molar-refractivity contribution >= 4 is 87.1 Å². The van der Waals surface area contributed by atoms with E-state index in [4.69, 9.17) is 57.5 Å². The molecule has 0 bridgehead atoms. The first-order valence-corrected chi connectivity index (χ1v) is 18.6. The van der Waals surface area contributed by atoms with Crippen LogP contribution in [0, 0.1) is 0 Å². The largest absolute Gasteiger partial charge is 0 e. The fraction of sp³-hybridized carbons (Fsp3) is 0. The molecule has 0 amide bonds. The summed E-state index contributed by atoms with van der Waals surface area (Å²) < 4.78 is 0. The zero-order valence-electron chi connectivity index (χ0n) is 3.60. The van der Waals surface area contributed by atoms with Crippen molar-refractivity contribution in [1.82, 2.24) is 0 Å². The van der Waals surface area contributed by atoms with Gasteiger partial charge in [0.15, 0.2) is 0 Å². The maximum atomic E-state index is 5.06. The Bertz CT molecular complexity index is 67.1. The predicted octanol–water partition coefficient (Wildman–Crippen LogP) is 3.75. The molecular formula is Cl6IrNa. The van der Waals surface area contributed by atoms with Gasteiger partial charge in [-0.05, 0) is 0 Å². The van der Waals surface area contributed by atoms with E-state index in [-0.39, 0.29) is 29.6 Å². The number of halogens is 6. The first-order valence-electron chi connectivity index (χ1n) is 0.756. The van der Waals surface area contributed by atoms with Crippen molar-refractivity contribution in [2.24, 2.45) is 0 Å². The molecule has 0 aromatic carbocycles. The maximum Gasteiger partial charge on any atom is 0 e. The molecule has 52 valence electrons. The van der Waals surface area contributed by atoms with Crippen LogP contribution in [0.4, 0.5) is 0 Å². The van der Waals surface area contributed by atoms with Gasteiger partial charge in [-0.25, -0.2) is 0 Å². The zero-order chi connectivity index (χ0) is 6.41. The Balaban J connectivity index is 0. The van der Waals surface area contributed by atoms with Crippen LogP contribution < -0.4 is 0 Å². The predicted molar refractivity (Wildman–Crippen MR) is 40.9 cm³/mol. The summed E-state index contributed by atoms with van der Waals surface area (Å²) >= 11 is 0. The fourth-order valence-electron chi connectivity index (χ4n) is 0. The van der Waals surface area contributed by atoms with E-state index in [0.29, 0.717) is 0 Å². The van der Waals surface area contributed by atoms with E-state index < -0.39 is 6.81 Å². The minimum Gasteiger partial charge on any atom is 0 e. The van der Waals surface area contributed by atoms with Gasteiger partial charge in [0.2, 0.25) is 0 Å². The molecule has 8 heteroatoms. The summed E-state index contributed by atoms with van der Waals surface area (Å²) in [6.07, 6.45) is 0. The van der Waals surface area contributed by atoms with Gasteiger partial charge in [0.1, 0.15) is 0 Å². The van der Waals surface area contributed by atoms with Crippen LogP contribution in [0.1, 0.15) is 0 Å². The Kier molecular flexibility index (Phi) is 4.72. The van der Waals surface area contributed by atoms with Crippen LogP contribution in [0.5, 0.6) is 0 Å². The summed E-state index contributed by atoms with van der Waals surface area (Å²) in [5.74, 6) is 0. The van der Waals surface area contributed by atoms with E-state index in [0.717, 1.165) is 0 Å². The van der Waals surface area contributed by atoms with E-state index in [1.165, 1.54) is 0 Å². The van der Waals surface area contributed by atoms with Crippen LogP contribution in [0.2, 0.25) is 0 Å². The molecule has 0 heterocycles. The molecule has 0 unspecified atom stereocenters. The van der Waals surface area contributed by atoms with Crippen molar-refractivity contribution in [2.45, 2.75) is 0 Å². The van der Waals surface area contributed by atoms with Crippen LogP contribution in [-0.4, -0.2) is 29.6 Å². The fourth-order valence-corrected chi connectivity index (χ4v) is 0. The summed E-state index contributed by atoms with van der Waals surface area (Å²) in [5.41, 5.74) is 0. The van der Waals surface area contributed by atoms with Crippen molar-refractivity contribution in [3.63, 3.8) is 0 Å². The van der Waals surface area contributed by atoms with Gasteiger partial charge in [0, 0.05) is 29.6 Å². The molecule has 0 aromatic rings. The SMILES string of the molecule is [Cl][Ir]([Cl])([Cl])([Cl])([Cl])[Cl].[Na]. The van der Waals surface area contributed by atoms with Crippen molar-refractivity contribution in [3.05, 3.63) is 0 Å². The second-order valence-corrected chi connectivity index (χ2v) is 52.6. The smallest absolute Gasteiger partial charge is 0 e. The normalized spacial score (nSPS) is 20.2. The Labute approximate surface area is 91.9 Å². The molecule has 0 aliphatic carbocycles. The van der Waals surface area contributed by atoms with Gasteiger partial charge in [-0.15, -0.1) is 0 Å². The van der Waals surface area contributed by atoms with E-state index in [2.05, 4.69) is 0 Å². The molecule has 0 saturated carbocycles. The standard InChI is InChI=1S/6ClH.Ir.Na/h6*1H;;/q;;;;;;+6;/p-6. The first-order chi connectivity index (χ1) is 2.45. The summed E-state index contributed by atoms with van der Waals surface area (Å²) in [6.45, 7) is -5.33. The number of hydrogen-bond acceptors (Lipinski definition) is 0. The number of rotatable bonds is 0. The molecule has 0 N–H and O–H groups in total. The molecule has 0 spiro atoms. The topological polar surface area (TPSA) is 0 Å². The minimum atomic E-state index is -5.33. The third kappa shape index (κ3) is 57.5. The van der Waals surface area contributed by atoms with Crippen molar-refractivity contribution < 1.29 is 6.81 Å². The summed E-state index contributed by atoms with van der Waals surface area (Å²) in [5, 5.41) is 0. The van der Waals surface area contributed by atoms with Crippen molar-refractivity contribution in [2.75, 3.05) is 0 Å². The zero-order valence-corrected chi connectivity index (χ0v) is 12.5. The Morgan fingerprint density at radius 1 is 0.625 bits per heavy atom. The molecular weight excluding hydrogens is 428 g/mol. The molecule has 0 atom stereocenters. The van der Waals surface area contributed by atoms with Gasteiger partial charge in [0.05, 0.1) is 0 Å². The molecule has 0 aliphatic rings. The van der Waals surface area contributed by atoms with Crippen LogP contribution in [-0.2, 0) is 6.81 Å². The van der Waals surface area contributed by atoms with Gasteiger partial charge in [0.25, 0.3) is 0 Å². The van der Waals surface area contributed by atoms with E-state index in [1.54, 1.807) is 0 Å². The maximum absolute atomic E-state index is 5.33. The molecule has 0 rings (SSSR count). The molecule has 0 nitrogen and oxygen atoms in total. The summed E-state index contributed by atoms with van der Waals surface area (Å²) in [4.78, 5) is 0. The Hall–Kier alpha value is 3.39. The quantitative estimate of drug-likeness (QED) is 0.516. The minimum absolute atomic E-state index is 0. The van der Waals surface area contributed by atoms with Gasteiger partial charge < -0.3 is 0 Å². The molecule has 1 radical (unpaired) electrons. The van der Waals surface area contributed by atoms with E-state index in [1.807, 2.05) is 0 Å². The van der Waals surface area contributed by atoms with Gasteiger partial charge >= 0.3 is 64.3 Å². The van der Waals surface area contributed by atoms with Crippen molar-refractivity contribution in [3.8, 4) is 0 Å². The van der Waals surface area contributed by atoms with E-state index >= 15 is 0 Å². The Morgan fingerprint density at radius 2 is 0.625 bits per heavy atom. The average Bonchev–Trinajstić information content (AvgIpc) is 0.592. The molecule has 0 aromatic heterocycles. The molecule has 0 saturated heterocycles. The Morgan fingerprint density at radius 3 is 0.625 bits per heavy atom. The third-order valence-corrected chi connectivity index (χ3v) is 0. The van der Waals surface area contributed by atoms with E-state index in [9.17, 15) is 0 Å². The monoisotopic (exact) mass is 426 g/mol. The molecule has 8 heavy (non-hydrogen) atoms. The van der Waals surface area contributed by atoms with Crippen LogP contribution >= 0.6 is 57.5 Å². The second-order valence-electron chi connectivity index (χ2n) is 0.714. The van der Waals surface area contributed by atoms with Gasteiger partial charge in [-0.2, -0.15) is 0 Å². The summed E-state index contributed by atoms with van der Waals surface area (Å²) in [6, 6.07) is 0. The molecule has 0 fully saturated rings. The van der Waals surface area contributed by atoms with Crippen LogP contribution in [0.25, 0.3) is 0 Å². The third-order valence-electron chi connectivity index (χ3n) is 0. The van der Waals surface area contributed by atoms with Crippen LogP contribution in [0.3, 0.4) is 0 Å². The first kappa shape index (κ1) is 13.9. The van der Waals surface area contributed by atoms with Crippen molar-refractivity contribution in [1.29, 1.82) is 0 Å². The second kappa shape index (κ2) is 2.71.